The summed E-state index contributed by atoms with van der Waals surface area (Å²) in [6.45, 7) is 0.194. The molecule has 182 valence electrons. The molecule has 4 rings (SSSR count). The Bertz CT molecular complexity index is 1080. The van der Waals surface area contributed by atoms with Crippen molar-refractivity contribution in [2.75, 3.05) is 20.0 Å². The molecule has 0 amide bonds. The second-order valence-corrected chi connectivity index (χ2v) is 10.5. The molecule has 2 nitrogen and oxygen atoms in total. The summed E-state index contributed by atoms with van der Waals surface area (Å²) < 4.78 is 45.8. The average molecular weight is 491 g/mol. The Kier molecular flexibility index (Phi) is 7.14. The zero-order chi connectivity index (χ0) is 24.5. The average Bonchev–Trinajstić information content (AvgIpc) is 3.45. The molecule has 2 aromatic carbocycles. The summed E-state index contributed by atoms with van der Waals surface area (Å²) in [6, 6.07) is 14.5. The number of rotatable bonds is 8. The summed E-state index contributed by atoms with van der Waals surface area (Å²) in [4.78, 5) is 13.0. The quantitative estimate of drug-likeness (QED) is 0.366. The van der Waals surface area contributed by atoms with Crippen LogP contribution in [0.25, 0.3) is 11.1 Å². The van der Waals surface area contributed by atoms with E-state index in [0.717, 1.165) is 24.8 Å². The van der Waals surface area contributed by atoms with Gasteiger partial charge in [-0.2, -0.15) is 0 Å². The molecule has 0 N–H and O–H groups in total. The molecule has 6 heteroatoms. The summed E-state index contributed by atoms with van der Waals surface area (Å²) in [6.07, 6.45) is 4.38. The normalized spacial score (nSPS) is 21.3. The molecule has 1 fully saturated rings. The summed E-state index contributed by atoms with van der Waals surface area (Å²) in [5.41, 5.74) is 3.45. The van der Waals surface area contributed by atoms with Gasteiger partial charge in [-0.25, -0.2) is 13.2 Å². The zero-order valence-electron chi connectivity index (χ0n) is 19.6. The highest BCUT2D eigenvalue weighted by Crippen LogP contribution is 2.60. The first kappa shape index (κ1) is 24.8. The van der Waals surface area contributed by atoms with Crippen LogP contribution < -0.4 is 0 Å². The van der Waals surface area contributed by atoms with Crippen molar-refractivity contribution in [3.8, 4) is 11.1 Å². The predicted molar refractivity (Wildman–Crippen MR) is 129 cm³/mol. The molecule has 0 aromatic heterocycles. The van der Waals surface area contributed by atoms with E-state index in [4.69, 9.17) is 16.3 Å². The van der Waals surface area contributed by atoms with E-state index in [9.17, 15) is 18.0 Å². The summed E-state index contributed by atoms with van der Waals surface area (Å²) >= 11 is 6.13. The van der Waals surface area contributed by atoms with Gasteiger partial charge < -0.3 is 4.74 Å². The lowest BCUT2D eigenvalue weighted by Gasteiger charge is -2.23. The monoisotopic (exact) mass is 490 g/mol. The molecule has 0 saturated heterocycles. The number of benzene rings is 2. The van der Waals surface area contributed by atoms with E-state index in [1.54, 1.807) is 0 Å². The van der Waals surface area contributed by atoms with Crippen molar-refractivity contribution < 1.29 is 22.7 Å². The van der Waals surface area contributed by atoms with Gasteiger partial charge in [-0.1, -0.05) is 74.0 Å². The molecule has 0 spiro atoms. The van der Waals surface area contributed by atoms with E-state index in [-0.39, 0.29) is 23.5 Å². The van der Waals surface area contributed by atoms with Crippen LogP contribution in [0.4, 0.5) is 13.2 Å². The van der Waals surface area contributed by atoms with Gasteiger partial charge in [0, 0.05) is 5.03 Å². The number of hydrogen-bond acceptors (Lipinski definition) is 2. The number of allylic oxidation sites excluding steroid dienone is 2. The molecular formula is C28H30ClF3O2. The Balaban J connectivity index is 1.50. The highest BCUT2D eigenvalue weighted by molar-refractivity contribution is 6.30. The Morgan fingerprint density at radius 3 is 2.44 bits per heavy atom. The second kappa shape index (κ2) is 9.77. The summed E-state index contributed by atoms with van der Waals surface area (Å²) in [7, 11) is 0. The predicted octanol–water partition coefficient (Wildman–Crippen LogP) is 7.18. The minimum Gasteiger partial charge on any atom is -0.461 e. The van der Waals surface area contributed by atoms with Gasteiger partial charge in [-0.05, 0) is 58.4 Å². The lowest BCUT2D eigenvalue weighted by atomic mass is 9.91. The number of alkyl halides is 3. The van der Waals surface area contributed by atoms with Crippen LogP contribution in [-0.4, -0.2) is 26.0 Å². The number of halogens is 4. The number of esters is 1. The summed E-state index contributed by atoms with van der Waals surface area (Å²) in [5, 5.41) is -0.208. The van der Waals surface area contributed by atoms with Crippen molar-refractivity contribution >= 4 is 17.6 Å². The lowest BCUT2D eigenvalue weighted by molar-refractivity contribution is -0.147. The first-order chi connectivity index (χ1) is 16.3. The van der Waals surface area contributed by atoms with Crippen molar-refractivity contribution in [1.29, 1.82) is 0 Å². The fourth-order valence-electron chi connectivity index (χ4n) is 5.08. The van der Waals surface area contributed by atoms with Crippen LogP contribution in [0, 0.1) is 22.7 Å². The number of carbonyl (C=O) groups excluding carboxylic acids is 1. The van der Waals surface area contributed by atoms with Crippen LogP contribution in [0.1, 0.15) is 37.0 Å². The lowest BCUT2D eigenvalue weighted by Crippen LogP contribution is -2.29. The Hall–Kier alpha value is -2.27. The Morgan fingerprint density at radius 2 is 1.74 bits per heavy atom. The van der Waals surface area contributed by atoms with Crippen molar-refractivity contribution in [3.05, 3.63) is 70.3 Å². The minimum atomic E-state index is -1.98. The molecule has 2 atom stereocenters. The van der Waals surface area contributed by atoms with E-state index in [0.29, 0.717) is 0 Å². The molecule has 2 aliphatic carbocycles. The van der Waals surface area contributed by atoms with Gasteiger partial charge in [0.15, 0.2) is 0 Å². The molecule has 1 saturated carbocycles. The SMILES string of the molecule is CC1(C)[C@H](C=C(Cl)C(CF)(CF)CF)[C@@H]1C(=O)OCc1cccc2c1CCCc1ccccc1-2. The van der Waals surface area contributed by atoms with Crippen LogP contribution in [0.3, 0.4) is 0 Å². The standard InChI is InChI=1S/C28H30ClF3O2/c1-27(2)23(13-24(29)28(15-30,16-31)17-32)25(27)26(33)34-14-19-9-6-12-22-20-10-4-3-7-18(20)8-5-11-21(19)22/h3-4,6-7,9-10,12-13,23,25H,5,8,11,14-17H2,1-2H3/t23-,25-/m1/s1. The molecule has 34 heavy (non-hydrogen) atoms. The molecular weight excluding hydrogens is 461 g/mol. The maximum atomic E-state index is 13.4. The molecule has 0 heterocycles. The molecule has 0 radical (unpaired) electrons. The number of aryl methyl sites for hydroxylation is 1. The van der Waals surface area contributed by atoms with Gasteiger partial charge in [-0.3, -0.25) is 4.79 Å². The largest absolute Gasteiger partial charge is 0.461 e. The third-order valence-corrected chi connectivity index (χ3v) is 8.11. The van der Waals surface area contributed by atoms with E-state index >= 15 is 0 Å². The van der Waals surface area contributed by atoms with E-state index in [1.807, 2.05) is 32.0 Å². The van der Waals surface area contributed by atoms with Gasteiger partial charge in [0.05, 0.1) is 11.3 Å². The number of carbonyl (C=O) groups is 1. The van der Waals surface area contributed by atoms with Gasteiger partial charge in [0.25, 0.3) is 0 Å². The molecule has 2 aromatic rings. The van der Waals surface area contributed by atoms with Crippen LogP contribution in [-0.2, 0) is 29.0 Å². The maximum Gasteiger partial charge on any atom is 0.310 e. The zero-order valence-corrected chi connectivity index (χ0v) is 20.3. The number of fused-ring (bicyclic) bond motifs is 3. The first-order valence-electron chi connectivity index (χ1n) is 11.7. The second-order valence-electron chi connectivity index (χ2n) is 10.1. The maximum absolute atomic E-state index is 13.4. The van der Waals surface area contributed by atoms with Gasteiger partial charge in [0.2, 0.25) is 0 Å². The van der Waals surface area contributed by atoms with E-state index in [2.05, 4.69) is 24.3 Å². The molecule has 0 aliphatic heterocycles. The fourth-order valence-corrected chi connectivity index (χ4v) is 5.37. The first-order valence-corrected chi connectivity index (χ1v) is 12.1. The van der Waals surface area contributed by atoms with E-state index < -0.39 is 36.8 Å². The molecule has 2 aliphatic rings. The third kappa shape index (κ3) is 4.39. The van der Waals surface area contributed by atoms with Crippen molar-refractivity contribution in [3.63, 3.8) is 0 Å². The van der Waals surface area contributed by atoms with Crippen LogP contribution in [0.15, 0.2) is 53.6 Å². The topological polar surface area (TPSA) is 26.3 Å². The summed E-state index contributed by atoms with van der Waals surface area (Å²) in [5.74, 6) is -1.24. The third-order valence-electron chi connectivity index (χ3n) is 7.59. The van der Waals surface area contributed by atoms with Gasteiger partial charge >= 0.3 is 5.97 Å². The van der Waals surface area contributed by atoms with Crippen LogP contribution >= 0.6 is 11.6 Å². The Labute approximate surface area is 204 Å². The van der Waals surface area contributed by atoms with Gasteiger partial charge in [0.1, 0.15) is 26.6 Å². The number of ether oxygens (including phenoxy) is 1. The van der Waals surface area contributed by atoms with Crippen LogP contribution in [0.5, 0.6) is 0 Å². The van der Waals surface area contributed by atoms with Crippen molar-refractivity contribution in [2.45, 2.75) is 39.7 Å². The highest BCUT2D eigenvalue weighted by atomic mass is 35.5. The van der Waals surface area contributed by atoms with Crippen LogP contribution in [0.2, 0.25) is 0 Å². The smallest absolute Gasteiger partial charge is 0.310 e. The molecule has 0 unspecified atom stereocenters. The van der Waals surface area contributed by atoms with Crippen molar-refractivity contribution in [1.82, 2.24) is 0 Å². The van der Waals surface area contributed by atoms with E-state index in [1.165, 1.54) is 28.3 Å². The fraction of sp³-hybridized carbons (Fsp3) is 0.464. The highest BCUT2D eigenvalue weighted by Gasteiger charge is 2.62. The molecule has 0 bridgehead atoms. The minimum absolute atomic E-state index is 0.157. The Morgan fingerprint density at radius 1 is 1.06 bits per heavy atom. The van der Waals surface area contributed by atoms with Crippen molar-refractivity contribution in [2.24, 2.45) is 22.7 Å². The van der Waals surface area contributed by atoms with Gasteiger partial charge in [-0.15, -0.1) is 0 Å². The number of hydrogen-bond donors (Lipinski definition) is 0.